The van der Waals surface area contributed by atoms with Gasteiger partial charge in [-0.3, -0.25) is 4.79 Å². The number of Topliss-reactive ketones (excluding diaryl/α,β-unsaturated/α-hetero) is 1. The molecule has 0 aromatic carbocycles. The summed E-state index contributed by atoms with van der Waals surface area (Å²) in [5.41, 5.74) is 7.82. The summed E-state index contributed by atoms with van der Waals surface area (Å²) in [5.74, 6) is 4.15. The Morgan fingerprint density at radius 3 is 2.62 bits per heavy atom. The van der Waals surface area contributed by atoms with Gasteiger partial charge in [0.1, 0.15) is 11.9 Å². The second-order valence-corrected chi connectivity index (χ2v) is 11.7. The van der Waals surface area contributed by atoms with Crippen molar-refractivity contribution in [3.05, 3.63) is 0 Å². The minimum absolute atomic E-state index is 0.0146. The molecular formula is C25H40N2O2. The van der Waals surface area contributed by atoms with Crippen LogP contribution in [0.1, 0.15) is 91.4 Å². The predicted octanol–water partition coefficient (Wildman–Crippen LogP) is 5.10. The van der Waals surface area contributed by atoms with Crippen LogP contribution >= 0.6 is 0 Å². The maximum atomic E-state index is 12.7. The lowest BCUT2D eigenvalue weighted by molar-refractivity contribution is -0.141. The number of rotatable bonds is 2. The molecule has 0 saturated heterocycles. The van der Waals surface area contributed by atoms with Gasteiger partial charge >= 0.3 is 0 Å². The number of hydrogen-bond acceptors (Lipinski definition) is 4. The van der Waals surface area contributed by atoms with Crippen molar-refractivity contribution >= 4 is 11.5 Å². The minimum Gasteiger partial charge on any atom is -0.391 e. The lowest BCUT2D eigenvalue weighted by Gasteiger charge is -2.61. The molecule has 5 rings (SSSR count). The zero-order valence-corrected chi connectivity index (χ0v) is 18.7. The smallest absolute Gasteiger partial charge is 0.142 e. The third-order valence-electron chi connectivity index (χ3n) is 10.4. The van der Waals surface area contributed by atoms with Crippen LogP contribution in [0.5, 0.6) is 0 Å². The Morgan fingerprint density at radius 1 is 1.03 bits per heavy atom. The first-order valence-electron chi connectivity index (χ1n) is 12.3. The van der Waals surface area contributed by atoms with Gasteiger partial charge in [-0.15, -0.1) is 0 Å². The minimum atomic E-state index is -0.0146. The number of nitrogens with two attached hydrogens (primary N) is 1. The SMILES string of the molecule is C[C@H]1C[C@@H]2[C@H](CC[C@]3(C)C(=O)CC[C@@H]23)[C@@]2(C)CC/C(=N/OC3CCCC3N)CC12. The largest absolute Gasteiger partial charge is 0.391 e. The first kappa shape index (κ1) is 20.0. The molecule has 5 fully saturated rings. The fourth-order valence-corrected chi connectivity index (χ4v) is 8.61. The Balaban J connectivity index is 1.33. The Hall–Kier alpha value is -0.900. The molecule has 0 aromatic rings. The normalized spacial score (nSPS) is 53.4. The first-order chi connectivity index (χ1) is 13.8. The Labute approximate surface area is 176 Å². The molecule has 5 saturated carbocycles. The molecule has 2 N–H and O–H groups in total. The number of oxime groups is 1. The highest BCUT2D eigenvalue weighted by atomic mass is 16.6. The van der Waals surface area contributed by atoms with Crippen LogP contribution in [0.15, 0.2) is 5.16 Å². The van der Waals surface area contributed by atoms with E-state index in [9.17, 15) is 4.79 Å². The van der Waals surface area contributed by atoms with Crippen molar-refractivity contribution in [1.29, 1.82) is 0 Å². The second kappa shape index (κ2) is 7.07. The van der Waals surface area contributed by atoms with Gasteiger partial charge in [0.2, 0.25) is 0 Å². The van der Waals surface area contributed by atoms with Crippen molar-refractivity contribution in [2.75, 3.05) is 0 Å². The quantitative estimate of drug-likeness (QED) is 0.656. The number of nitrogens with zero attached hydrogens (tertiary/aromatic N) is 1. The molecule has 162 valence electrons. The molecule has 0 bridgehead atoms. The topological polar surface area (TPSA) is 64.7 Å². The monoisotopic (exact) mass is 400 g/mol. The van der Waals surface area contributed by atoms with Gasteiger partial charge in [-0.1, -0.05) is 25.9 Å². The lowest BCUT2D eigenvalue weighted by atomic mass is 9.43. The van der Waals surface area contributed by atoms with Crippen LogP contribution in [-0.2, 0) is 9.63 Å². The van der Waals surface area contributed by atoms with E-state index in [1.807, 2.05) is 0 Å². The summed E-state index contributed by atoms with van der Waals surface area (Å²) >= 11 is 0. The van der Waals surface area contributed by atoms with Crippen molar-refractivity contribution in [1.82, 2.24) is 0 Å². The van der Waals surface area contributed by atoms with Gasteiger partial charge in [0.15, 0.2) is 0 Å². The van der Waals surface area contributed by atoms with E-state index in [2.05, 4.69) is 25.9 Å². The fraction of sp³-hybridized carbons (Fsp3) is 0.920. The van der Waals surface area contributed by atoms with E-state index in [0.29, 0.717) is 29.0 Å². The fourth-order valence-electron chi connectivity index (χ4n) is 8.61. The van der Waals surface area contributed by atoms with E-state index in [4.69, 9.17) is 10.6 Å². The predicted molar refractivity (Wildman–Crippen MR) is 115 cm³/mol. The maximum absolute atomic E-state index is 12.7. The summed E-state index contributed by atoms with van der Waals surface area (Å²) in [7, 11) is 0. The van der Waals surface area contributed by atoms with Crippen LogP contribution in [0.25, 0.3) is 0 Å². The highest BCUT2D eigenvalue weighted by molar-refractivity contribution is 5.87. The molecule has 3 unspecified atom stereocenters. The van der Waals surface area contributed by atoms with E-state index in [-0.39, 0.29) is 17.6 Å². The van der Waals surface area contributed by atoms with E-state index in [1.54, 1.807) is 0 Å². The number of fused-ring (bicyclic) bond motifs is 5. The second-order valence-electron chi connectivity index (χ2n) is 11.7. The molecule has 5 aliphatic rings. The number of hydrogen-bond donors (Lipinski definition) is 1. The van der Waals surface area contributed by atoms with Crippen molar-refractivity contribution in [2.24, 2.45) is 51.3 Å². The molecule has 4 nitrogen and oxygen atoms in total. The molecule has 0 heterocycles. The van der Waals surface area contributed by atoms with Crippen LogP contribution in [0.2, 0.25) is 0 Å². The van der Waals surface area contributed by atoms with Gasteiger partial charge in [0, 0.05) is 17.9 Å². The van der Waals surface area contributed by atoms with Crippen LogP contribution in [0, 0.1) is 40.4 Å². The van der Waals surface area contributed by atoms with Crippen molar-refractivity contribution in [3.63, 3.8) is 0 Å². The van der Waals surface area contributed by atoms with Crippen LogP contribution in [0.3, 0.4) is 0 Å². The molecule has 0 spiro atoms. The van der Waals surface area contributed by atoms with Crippen molar-refractivity contribution in [3.8, 4) is 0 Å². The molecule has 5 aliphatic carbocycles. The number of carbonyl (C=O) groups excluding carboxylic acids is 1. The average Bonchev–Trinajstić information content (AvgIpc) is 3.23. The molecule has 29 heavy (non-hydrogen) atoms. The number of carbonyl (C=O) groups is 1. The van der Waals surface area contributed by atoms with Gasteiger partial charge in [-0.25, -0.2) is 0 Å². The van der Waals surface area contributed by atoms with Gasteiger partial charge < -0.3 is 10.6 Å². The summed E-state index contributed by atoms with van der Waals surface area (Å²) < 4.78 is 0. The third-order valence-corrected chi connectivity index (χ3v) is 10.4. The molecule has 0 aromatic heterocycles. The summed E-state index contributed by atoms with van der Waals surface area (Å²) in [5, 5.41) is 4.64. The van der Waals surface area contributed by atoms with Crippen LogP contribution < -0.4 is 5.73 Å². The van der Waals surface area contributed by atoms with E-state index >= 15 is 0 Å². The standard InChI is InChI=1S/C25H40N2O2/c1-15-13-17-18-7-8-23(28)25(18,3)12-10-19(17)24(2)11-9-16(14-20(15)24)27-29-22-6-4-5-21(22)26/h15,17-22H,4-14,26H2,1-3H3/b27-16-/t15-,17-,18-,19-,20?,21?,22?,24+,25-/m0/s1. The Kier molecular flexibility index (Phi) is 4.88. The summed E-state index contributed by atoms with van der Waals surface area (Å²) in [4.78, 5) is 18.6. The molecular weight excluding hydrogens is 360 g/mol. The Bertz CT molecular complexity index is 705. The summed E-state index contributed by atoms with van der Waals surface area (Å²) in [6, 6.07) is 0.160. The molecule has 9 atom stereocenters. The van der Waals surface area contributed by atoms with E-state index in [0.717, 1.165) is 56.8 Å². The van der Waals surface area contributed by atoms with Gasteiger partial charge in [0.05, 0.1) is 5.71 Å². The average molecular weight is 401 g/mol. The highest BCUT2D eigenvalue weighted by Crippen LogP contribution is 2.66. The zero-order chi connectivity index (χ0) is 20.4. The highest BCUT2D eigenvalue weighted by Gasteiger charge is 2.61. The lowest BCUT2D eigenvalue weighted by Crippen LogP contribution is -2.56. The van der Waals surface area contributed by atoms with E-state index in [1.165, 1.54) is 31.4 Å². The van der Waals surface area contributed by atoms with E-state index < -0.39 is 0 Å². The summed E-state index contributed by atoms with van der Waals surface area (Å²) in [6.45, 7) is 7.34. The first-order valence-corrected chi connectivity index (χ1v) is 12.3. The molecule has 0 aliphatic heterocycles. The molecule has 0 amide bonds. The Morgan fingerprint density at radius 2 is 1.86 bits per heavy atom. The van der Waals surface area contributed by atoms with Crippen LogP contribution in [-0.4, -0.2) is 23.6 Å². The van der Waals surface area contributed by atoms with Crippen LogP contribution in [0.4, 0.5) is 0 Å². The van der Waals surface area contributed by atoms with Gasteiger partial charge in [-0.2, -0.15) is 0 Å². The molecule has 0 radical (unpaired) electrons. The summed E-state index contributed by atoms with van der Waals surface area (Å²) in [6.07, 6.45) is 12.5. The van der Waals surface area contributed by atoms with Crippen molar-refractivity contribution < 1.29 is 9.63 Å². The zero-order valence-electron chi connectivity index (χ0n) is 18.7. The maximum Gasteiger partial charge on any atom is 0.142 e. The van der Waals surface area contributed by atoms with Gasteiger partial charge in [-0.05, 0) is 99.2 Å². The third kappa shape index (κ3) is 3.03. The van der Waals surface area contributed by atoms with Crippen molar-refractivity contribution in [2.45, 2.75) is 104 Å². The van der Waals surface area contributed by atoms with Gasteiger partial charge in [0.25, 0.3) is 0 Å². The molecule has 4 heteroatoms. The number of ketones is 1.